The van der Waals surface area contributed by atoms with Gasteiger partial charge in [0.1, 0.15) is 5.75 Å². The average Bonchev–Trinajstić information content (AvgIpc) is 2.77. The van der Waals surface area contributed by atoms with Crippen molar-refractivity contribution < 1.29 is 14.3 Å². The summed E-state index contributed by atoms with van der Waals surface area (Å²) in [4.78, 5) is 27.1. The zero-order chi connectivity index (χ0) is 20.9. The third-order valence-electron chi connectivity index (χ3n) is 5.78. The van der Waals surface area contributed by atoms with Crippen LogP contribution in [-0.2, 0) is 21.5 Å². The molecule has 1 heterocycles. The van der Waals surface area contributed by atoms with Crippen LogP contribution in [0, 0.1) is 6.92 Å². The average molecular weight is 392 g/mol. The summed E-state index contributed by atoms with van der Waals surface area (Å²) in [6.07, 6.45) is 2.51. The number of hydrogen-bond donors (Lipinski definition) is 1. The Bertz CT molecular complexity index is 884. The number of methoxy groups -OCH3 is 1. The first-order valence-electron chi connectivity index (χ1n) is 9.89. The molecule has 3 rings (SSSR count). The minimum atomic E-state index is -0.638. The Hall–Kier alpha value is -3.08. The molecule has 5 heteroatoms. The topological polar surface area (TPSA) is 58.6 Å². The molecule has 152 valence electrons. The number of nitrogens with one attached hydrogen (secondary N) is 1. The molecule has 1 fully saturated rings. The van der Waals surface area contributed by atoms with E-state index in [2.05, 4.69) is 11.9 Å². The van der Waals surface area contributed by atoms with Gasteiger partial charge in [0.25, 0.3) is 0 Å². The van der Waals surface area contributed by atoms with E-state index in [0.717, 1.165) is 22.4 Å². The predicted octanol–water partition coefficient (Wildman–Crippen LogP) is 3.37. The molecule has 0 spiro atoms. The number of aryl methyl sites for hydroxylation is 1. The Morgan fingerprint density at radius 1 is 1.17 bits per heavy atom. The lowest BCUT2D eigenvalue weighted by atomic mass is 9.72. The Morgan fingerprint density at radius 2 is 1.86 bits per heavy atom. The second kappa shape index (κ2) is 8.95. The van der Waals surface area contributed by atoms with E-state index in [0.29, 0.717) is 32.5 Å². The first-order valence-corrected chi connectivity index (χ1v) is 9.89. The molecule has 0 saturated carbocycles. The standard InChI is InChI=1S/C24H28N2O3/c1-4-22(27)26-14-12-24(13-15-26,20-8-6-5-7-9-20)23(28)25-17-19-10-11-21(29-3)18(2)16-19/h4-11,16H,1,12-15,17H2,2-3H3,(H,25,28). The van der Waals surface area contributed by atoms with Gasteiger partial charge in [-0.1, -0.05) is 49.0 Å². The van der Waals surface area contributed by atoms with Gasteiger partial charge in [0, 0.05) is 19.6 Å². The third-order valence-corrected chi connectivity index (χ3v) is 5.78. The largest absolute Gasteiger partial charge is 0.496 e. The molecule has 0 atom stereocenters. The minimum absolute atomic E-state index is 0.00266. The monoisotopic (exact) mass is 392 g/mol. The van der Waals surface area contributed by atoms with Gasteiger partial charge in [0.05, 0.1) is 12.5 Å². The zero-order valence-electron chi connectivity index (χ0n) is 17.1. The molecule has 0 unspecified atom stereocenters. The Balaban J connectivity index is 1.78. The quantitative estimate of drug-likeness (QED) is 0.767. The van der Waals surface area contributed by atoms with Crippen LogP contribution in [0.4, 0.5) is 0 Å². The lowest BCUT2D eigenvalue weighted by molar-refractivity contribution is -0.134. The number of nitrogens with zero attached hydrogens (tertiary/aromatic N) is 1. The summed E-state index contributed by atoms with van der Waals surface area (Å²) in [7, 11) is 1.65. The van der Waals surface area contributed by atoms with Gasteiger partial charge in [0.15, 0.2) is 0 Å². The van der Waals surface area contributed by atoms with Crippen molar-refractivity contribution >= 4 is 11.8 Å². The van der Waals surface area contributed by atoms with Gasteiger partial charge in [0.2, 0.25) is 11.8 Å². The zero-order valence-corrected chi connectivity index (χ0v) is 17.1. The molecule has 1 N–H and O–H groups in total. The maximum atomic E-state index is 13.4. The van der Waals surface area contributed by atoms with Gasteiger partial charge in [-0.05, 0) is 48.6 Å². The number of benzene rings is 2. The molecular formula is C24H28N2O3. The van der Waals surface area contributed by atoms with Crippen LogP contribution in [0.15, 0.2) is 61.2 Å². The highest BCUT2D eigenvalue weighted by molar-refractivity contribution is 5.90. The van der Waals surface area contributed by atoms with E-state index >= 15 is 0 Å². The molecule has 0 aliphatic carbocycles. The molecule has 0 bridgehead atoms. The highest BCUT2D eigenvalue weighted by Crippen LogP contribution is 2.36. The summed E-state index contributed by atoms with van der Waals surface area (Å²) in [5.41, 5.74) is 2.42. The number of ether oxygens (including phenoxy) is 1. The molecule has 2 aromatic rings. The van der Waals surface area contributed by atoms with Gasteiger partial charge in [-0.25, -0.2) is 0 Å². The fourth-order valence-electron chi connectivity index (χ4n) is 4.04. The minimum Gasteiger partial charge on any atom is -0.496 e. The van der Waals surface area contributed by atoms with Crippen LogP contribution in [0.5, 0.6) is 5.75 Å². The fraction of sp³-hybridized carbons (Fsp3) is 0.333. The van der Waals surface area contributed by atoms with Gasteiger partial charge in [-0.2, -0.15) is 0 Å². The van der Waals surface area contributed by atoms with Crippen LogP contribution >= 0.6 is 0 Å². The predicted molar refractivity (Wildman–Crippen MR) is 114 cm³/mol. The molecular weight excluding hydrogens is 364 g/mol. The molecule has 2 aromatic carbocycles. The van der Waals surface area contributed by atoms with E-state index in [-0.39, 0.29) is 11.8 Å². The molecule has 2 amide bonds. The summed E-state index contributed by atoms with van der Waals surface area (Å²) in [5.74, 6) is 0.753. The van der Waals surface area contributed by atoms with E-state index in [1.165, 1.54) is 6.08 Å². The molecule has 1 saturated heterocycles. The van der Waals surface area contributed by atoms with Crippen LogP contribution in [-0.4, -0.2) is 36.9 Å². The van der Waals surface area contributed by atoms with Crippen LogP contribution in [0.25, 0.3) is 0 Å². The number of hydrogen-bond acceptors (Lipinski definition) is 3. The summed E-state index contributed by atoms with van der Waals surface area (Å²) >= 11 is 0. The summed E-state index contributed by atoms with van der Waals surface area (Å²) < 4.78 is 5.31. The fourth-order valence-corrected chi connectivity index (χ4v) is 4.04. The Labute approximate surface area is 172 Å². The van der Waals surface area contributed by atoms with Gasteiger partial charge >= 0.3 is 0 Å². The maximum absolute atomic E-state index is 13.4. The van der Waals surface area contributed by atoms with E-state index < -0.39 is 5.41 Å². The molecule has 1 aliphatic heterocycles. The molecule has 1 aliphatic rings. The number of carbonyl (C=O) groups is 2. The number of amides is 2. The van der Waals surface area contributed by atoms with Crippen LogP contribution < -0.4 is 10.1 Å². The first kappa shape index (κ1) is 20.6. The molecule has 5 nitrogen and oxygen atoms in total. The lowest BCUT2D eigenvalue weighted by Crippen LogP contribution is -2.52. The summed E-state index contributed by atoms with van der Waals surface area (Å²) in [6.45, 7) is 7.08. The van der Waals surface area contributed by atoms with Crippen molar-refractivity contribution in [2.75, 3.05) is 20.2 Å². The third kappa shape index (κ3) is 4.34. The van der Waals surface area contributed by atoms with E-state index in [4.69, 9.17) is 4.74 Å². The van der Waals surface area contributed by atoms with Gasteiger partial charge in [-0.15, -0.1) is 0 Å². The molecule has 29 heavy (non-hydrogen) atoms. The summed E-state index contributed by atoms with van der Waals surface area (Å²) in [6, 6.07) is 15.8. The summed E-state index contributed by atoms with van der Waals surface area (Å²) in [5, 5.41) is 3.13. The van der Waals surface area contributed by atoms with Crippen LogP contribution in [0.1, 0.15) is 29.5 Å². The molecule has 0 radical (unpaired) electrons. The van der Waals surface area contributed by atoms with Crippen molar-refractivity contribution in [3.05, 3.63) is 77.9 Å². The van der Waals surface area contributed by atoms with Crippen molar-refractivity contribution in [1.29, 1.82) is 0 Å². The van der Waals surface area contributed by atoms with Crippen molar-refractivity contribution in [2.24, 2.45) is 0 Å². The highest BCUT2D eigenvalue weighted by atomic mass is 16.5. The van der Waals surface area contributed by atoms with Crippen molar-refractivity contribution in [3.63, 3.8) is 0 Å². The number of carbonyl (C=O) groups excluding carboxylic acids is 2. The van der Waals surface area contributed by atoms with E-state index in [9.17, 15) is 9.59 Å². The lowest BCUT2D eigenvalue weighted by Gasteiger charge is -2.40. The Kier molecular flexibility index (Phi) is 6.37. The SMILES string of the molecule is C=CC(=O)N1CCC(C(=O)NCc2ccc(OC)c(C)c2)(c2ccccc2)CC1. The maximum Gasteiger partial charge on any atom is 0.245 e. The first-order chi connectivity index (χ1) is 14.0. The second-order valence-electron chi connectivity index (χ2n) is 7.46. The van der Waals surface area contributed by atoms with Crippen LogP contribution in [0.3, 0.4) is 0 Å². The smallest absolute Gasteiger partial charge is 0.245 e. The van der Waals surface area contributed by atoms with Crippen LogP contribution in [0.2, 0.25) is 0 Å². The second-order valence-corrected chi connectivity index (χ2v) is 7.46. The normalized spacial score (nSPS) is 15.4. The number of rotatable bonds is 6. The van der Waals surface area contributed by atoms with E-state index in [1.54, 1.807) is 12.0 Å². The van der Waals surface area contributed by atoms with Gasteiger partial charge < -0.3 is 15.0 Å². The molecule has 0 aromatic heterocycles. The number of likely N-dealkylation sites (tertiary alicyclic amines) is 1. The Morgan fingerprint density at radius 3 is 2.45 bits per heavy atom. The van der Waals surface area contributed by atoms with Crippen molar-refractivity contribution in [3.8, 4) is 5.75 Å². The number of piperidine rings is 1. The highest BCUT2D eigenvalue weighted by Gasteiger charge is 2.43. The van der Waals surface area contributed by atoms with Gasteiger partial charge in [-0.3, -0.25) is 9.59 Å². The van der Waals surface area contributed by atoms with E-state index in [1.807, 2.05) is 55.5 Å². The van der Waals surface area contributed by atoms with Crippen molar-refractivity contribution in [2.45, 2.75) is 31.7 Å². The van der Waals surface area contributed by atoms with Crippen molar-refractivity contribution in [1.82, 2.24) is 10.2 Å².